The molecule has 0 spiro atoms. The van der Waals surface area contributed by atoms with Crippen molar-refractivity contribution in [2.45, 2.75) is 31.5 Å². The van der Waals surface area contributed by atoms with Gasteiger partial charge >= 0.3 is 6.18 Å². The number of benzene rings is 1. The lowest BCUT2D eigenvalue weighted by molar-refractivity contribution is -0.138. The van der Waals surface area contributed by atoms with Gasteiger partial charge in [0.15, 0.2) is 0 Å². The summed E-state index contributed by atoms with van der Waals surface area (Å²) >= 11 is 0. The van der Waals surface area contributed by atoms with Crippen LogP contribution in [0, 0.1) is 0 Å². The molecule has 11 heteroatoms. The van der Waals surface area contributed by atoms with Crippen LogP contribution in [0.25, 0.3) is 11.1 Å². The molecule has 1 unspecified atom stereocenters. The molecule has 0 saturated carbocycles. The predicted octanol–water partition coefficient (Wildman–Crippen LogP) is 2.41. The standard InChI is InChI=1S/C24H31F3N6O2/c25-24(26,27)18-5-3-4-17(14-18)19-15-29-23(28)30-22(19)20-6-1-2-7-33(20)21(35)16-32-10-8-31(9-11-32)12-13-34/h3-5,14-15,20,34H,1-2,6-13,16H2,(H2,28,29,30). The number of piperazine rings is 1. The highest BCUT2D eigenvalue weighted by Crippen LogP contribution is 2.38. The topological polar surface area (TPSA) is 98.8 Å². The number of alkyl halides is 3. The van der Waals surface area contributed by atoms with Crippen LogP contribution in [-0.4, -0.2) is 88.1 Å². The minimum Gasteiger partial charge on any atom is -0.395 e. The SMILES string of the molecule is Nc1ncc(-c2cccc(C(F)(F)F)c2)c(C2CCCCN2C(=O)CN2CCN(CCO)CC2)n1. The van der Waals surface area contributed by atoms with E-state index in [-0.39, 0.29) is 31.0 Å². The van der Waals surface area contributed by atoms with Gasteiger partial charge < -0.3 is 15.7 Å². The van der Waals surface area contributed by atoms with Gasteiger partial charge in [-0.05, 0) is 37.0 Å². The third kappa shape index (κ3) is 6.09. The number of aliphatic hydroxyl groups excluding tert-OH is 1. The zero-order valence-electron chi connectivity index (χ0n) is 19.5. The lowest BCUT2D eigenvalue weighted by atomic mass is 9.93. The van der Waals surface area contributed by atoms with E-state index >= 15 is 0 Å². The van der Waals surface area contributed by atoms with Gasteiger partial charge in [-0.25, -0.2) is 9.97 Å². The third-order valence-corrected chi connectivity index (χ3v) is 6.72. The zero-order chi connectivity index (χ0) is 25.0. The number of aromatic nitrogens is 2. The van der Waals surface area contributed by atoms with Crippen molar-refractivity contribution in [3.05, 3.63) is 41.7 Å². The first-order chi connectivity index (χ1) is 16.8. The van der Waals surface area contributed by atoms with E-state index in [1.807, 2.05) is 0 Å². The van der Waals surface area contributed by atoms with Crippen molar-refractivity contribution in [1.82, 2.24) is 24.7 Å². The molecule has 0 radical (unpaired) electrons. The molecule has 1 amide bonds. The number of β-amino-alcohol motifs (C(OH)–C–C–N with tert-alkyl or cyclic N) is 1. The Hall–Kier alpha value is -2.76. The molecule has 35 heavy (non-hydrogen) atoms. The minimum absolute atomic E-state index is 0.0219. The van der Waals surface area contributed by atoms with Crippen LogP contribution in [0.15, 0.2) is 30.5 Å². The van der Waals surface area contributed by atoms with Crippen molar-refractivity contribution in [1.29, 1.82) is 0 Å². The number of piperidine rings is 1. The second-order valence-electron chi connectivity index (χ2n) is 9.05. The van der Waals surface area contributed by atoms with E-state index in [0.717, 1.165) is 51.2 Å². The first-order valence-corrected chi connectivity index (χ1v) is 11.9. The third-order valence-electron chi connectivity index (χ3n) is 6.72. The lowest BCUT2D eigenvalue weighted by Gasteiger charge is -2.39. The first-order valence-electron chi connectivity index (χ1n) is 11.9. The molecule has 1 aromatic carbocycles. The molecule has 3 heterocycles. The Bertz CT molecular complexity index is 1030. The average molecular weight is 493 g/mol. The van der Waals surface area contributed by atoms with Crippen LogP contribution in [0.1, 0.15) is 36.6 Å². The Morgan fingerprint density at radius 1 is 1.11 bits per heavy atom. The highest BCUT2D eigenvalue weighted by atomic mass is 19.4. The Morgan fingerprint density at radius 3 is 2.57 bits per heavy atom. The molecule has 190 valence electrons. The van der Waals surface area contributed by atoms with Gasteiger partial charge in [-0.1, -0.05) is 12.1 Å². The fourth-order valence-corrected chi connectivity index (χ4v) is 4.86. The molecule has 0 aliphatic carbocycles. The average Bonchev–Trinajstić information content (AvgIpc) is 2.85. The Kier molecular flexibility index (Phi) is 7.88. The second-order valence-corrected chi connectivity index (χ2v) is 9.05. The van der Waals surface area contributed by atoms with E-state index in [1.54, 1.807) is 11.0 Å². The molecule has 8 nitrogen and oxygen atoms in total. The fourth-order valence-electron chi connectivity index (χ4n) is 4.86. The van der Waals surface area contributed by atoms with Crippen molar-refractivity contribution < 1.29 is 23.1 Å². The molecule has 1 aromatic heterocycles. The van der Waals surface area contributed by atoms with E-state index in [0.29, 0.717) is 36.3 Å². The maximum Gasteiger partial charge on any atom is 0.416 e. The number of halogens is 3. The van der Waals surface area contributed by atoms with Gasteiger partial charge in [0.2, 0.25) is 11.9 Å². The van der Waals surface area contributed by atoms with Crippen LogP contribution in [-0.2, 0) is 11.0 Å². The molecule has 2 aromatic rings. The van der Waals surface area contributed by atoms with E-state index in [9.17, 15) is 18.0 Å². The smallest absolute Gasteiger partial charge is 0.395 e. The van der Waals surface area contributed by atoms with Gasteiger partial charge in [-0.2, -0.15) is 13.2 Å². The summed E-state index contributed by atoms with van der Waals surface area (Å²) in [4.78, 5) is 27.9. The van der Waals surface area contributed by atoms with Crippen LogP contribution < -0.4 is 5.73 Å². The summed E-state index contributed by atoms with van der Waals surface area (Å²) in [7, 11) is 0. The maximum absolute atomic E-state index is 13.4. The number of nitrogens with two attached hydrogens (primary N) is 1. The zero-order valence-corrected chi connectivity index (χ0v) is 19.5. The van der Waals surface area contributed by atoms with E-state index in [1.165, 1.54) is 12.3 Å². The summed E-state index contributed by atoms with van der Waals surface area (Å²) in [6.07, 6.45) is -0.645. The number of amides is 1. The van der Waals surface area contributed by atoms with Crippen molar-refractivity contribution in [2.75, 3.05) is 58.2 Å². The van der Waals surface area contributed by atoms with E-state index in [2.05, 4.69) is 19.8 Å². The number of hydrogen-bond donors (Lipinski definition) is 2. The molecule has 3 N–H and O–H groups in total. The molecule has 2 fully saturated rings. The van der Waals surface area contributed by atoms with Crippen molar-refractivity contribution in [3.8, 4) is 11.1 Å². The molecule has 4 rings (SSSR count). The molecular formula is C24H31F3N6O2. The minimum atomic E-state index is -4.47. The molecule has 2 saturated heterocycles. The highest BCUT2D eigenvalue weighted by Gasteiger charge is 2.34. The number of nitrogen functional groups attached to an aromatic ring is 1. The quantitative estimate of drug-likeness (QED) is 0.639. The summed E-state index contributed by atoms with van der Waals surface area (Å²) in [5.74, 6) is -0.00816. The van der Waals surface area contributed by atoms with Crippen molar-refractivity contribution in [2.24, 2.45) is 0 Å². The number of likely N-dealkylation sites (tertiary alicyclic amines) is 1. The van der Waals surface area contributed by atoms with Crippen LogP contribution >= 0.6 is 0 Å². The first kappa shape index (κ1) is 25.3. The summed E-state index contributed by atoms with van der Waals surface area (Å²) < 4.78 is 40.0. The van der Waals surface area contributed by atoms with Gasteiger partial charge in [0.25, 0.3) is 0 Å². The molecule has 2 aliphatic rings. The summed E-state index contributed by atoms with van der Waals surface area (Å²) in [5.41, 5.74) is 6.40. The van der Waals surface area contributed by atoms with Crippen LogP contribution in [0.2, 0.25) is 0 Å². The number of carbonyl (C=O) groups is 1. The summed E-state index contributed by atoms with van der Waals surface area (Å²) in [6, 6.07) is 4.67. The van der Waals surface area contributed by atoms with Crippen LogP contribution in [0.3, 0.4) is 0 Å². The number of anilines is 1. The molecule has 0 bridgehead atoms. The van der Waals surface area contributed by atoms with Gasteiger partial charge in [0, 0.05) is 51.0 Å². The lowest BCUT2D eigenvalue weighted by Crippen LogP contribution is -2.51. The van der Waals surface area contributed by atoms with Crippen molar-refractivity contribution in [3.63, 3.8) is 0 Å². The largest absolute Gasteiger partial charge is 0.416 e. The van der Waals surface area contributed by atoms with Gasteiger partial charge in [-0.3, -0.25) is 14.6 Å². The number of aliphatic hydroxyl groups is 1. The number of carbonyl (C=O) groups excluding carboxylic acids is 1. The van der Waals surface area contributed by atoms with Gasteiger partial charge in [0.05, 0.1) is 30.5 Å². The van der Waals surface area contributed by atoms with Crippen LogP contribution in [0.5, 0.6) is 0 Å². The monoisotopic (exact) mass is 492 g/mol. The molecule has 2 aliphatic heterocycles. The fraction of sp³-hybridized carbons (Fsp3) is 0.542. The number of nitrogens with zero attached hydrogens (tertiary/aromatic N) is 5. The Morgan fingerprint density at radius 2 is 1.86 bits per heavy atom. The number of hydrogen-bond acceptors (Lipinski definition) is 7. The second kappa shape index (κ2) is 10.9. The number of rotatable bonds is 6. The Labute approximate surface area is 202 Å². The normalized spacial score (nSPS) is 20.2. The van der Waals surface area contributed by atoms with Gasteiger partial charge in [-0.15, -0.1) is 0 Å². The van der Waals surface area contributed by atoms with E-state index in [4.69, 9.17) is 10.8 Å². The van der Waals surface area contributed by atoms with Crippen molar-refractivity contribution >= 4 is 11.9 Å². The highest BCUT2D eigenvalue weighted by molar-refractivity contribution is 5.79. The molecule has 1 atom stereocenters. The van der Waals surface area contributed by atoms with Crippen LogP contribution in [0.4, 0.5) is 19.1 Å². The van der Waals surface area contributed by atoms with E-state index < -0.39 is 11.7 Å². The molecular weight excluding hydrogens is 461 g/mol. The summed E-state index contributed by atoms with van der Waals surface area (Å²) in [6.45, 7) is 4.62. The Balaban J connectivity index is 1.58. The maximum atomic E-state index is 13.4. The predicted molar refractivity (Wildman–Crippen MR) is 125 cm³/mol. The summed E-state index contributed by atoms with van der Waals surface area (Å²) in [5, 5.41) is 9.13. The van der Waals surface area contributed by atoms with Gasteiger partial charge in [0.1, 0.15) is 0 Å².